The molecular weight excluding hydrogens is 368 g/mol. The van der Waals surface area contributed by atoms with Crippen molar-refractivity contribution in [2.45, 2.75) is 51.0 Å². The highest BCUT2D eigenvalue weighted by atomic mass is 16.2. The van der Waals surface area contributed by atoms with Crippen LogP contribution in [0.1, 0.15) is 45.1 Å². The standard InChI is InChI=1S/C22H32N4O3/c1-22(2,17-8-4-3-5-9-17)20(28)26-14-12-25(13-15-26)16-19(27)24-21(29)23-18-10-6-7-11-18/h3-5,8-9,18H,6-7,10-16H2,1-2H3,(H2,23,24,27,29). The molecule has 0 bridgehead atoms. The number of carbonyl (C=O) groups excluding carboxylic acids is 3. The number of urea groups is 1. The molecule has 1 heterocycles. The van der Waals surface area contributed by atoms with E-state index in [4.69, 9.17) is 0 Å². The Labute approximate surface area is 172 Å². The predicted octanol–water partition coefficient (Wildman–Crippen LogP) is 1.88. The van der Waals surface area contributed by atoms with Gasteiger partial charge in [0.1, 0.15) is 0 Å². The van der Waals surface area contributed by atoms with Crippen molar-refractivity contribution in [2.75, 3.05) is 32.7 Å². The van der Waals surface area contributed by atoms with Gasteiger partial charge >= 0.3 is 6.03 Å². The lowest BCUT2D eigenvalue weighted by Gasteiger charge is -2.38. The van der Waals surface area contributed by atoms with Crippen LogP contribution in [0.2, 0.25) is 0 Å². The number of rotatable bonds is 5. The van der Waals surface area contributed by atoms with Crippen LogP contribution in [0.15, 0.2) is 30.3 Å². The SMILES string of the molecule is CC(C)(C(=O)N1CCN(CC(=O)NC(=O)NC2CCCC2)CC1)c1ccccc1. The van der Waals surface area contributed by atoms with E-state index in [1.54, 1.807) is 0 Å². The Bertz CT molecular complexity index is 721. The van der Waals surface area contributed by atoms with Crippen LogP contribution in [0.3, 0.4) is 0 Å². The summed E-state index contributed by atoms with van der Waals surface area (Å²) in [7, 11) is 0. The van der Waals surface area contributed by atoms with Crippen molar-refractivity contribution in [3.63, 3.8) is 0 Å². The first-order valence-corrected chi connectivity index (χ1v) is 10.5. The van der Waals surface area contributed by atoms with Crippen molar-refractivity contribution in [2.24, 2.45) is 0 Å². The number of imide groups is 1. The monoisotopic (exact) mass is 400 g/mol. The highest BCUT2D eigenvalue weighted by Crippen LogP contribution is 2.26. The third kappa shape index (κ3) is 5.56. The van der Waals surface area contributed by atoms with Crippen LogP contribution in [0.25, 0.3) is 0 Å². The molecule has 0 atom stereocenters. The largest absolute Gasteiger partial charge is 0.339 e. The van der Waals surface area contributed by atoms with E-state index < -0.39 is 11.4 Å². The summed E-state index contributed by atoms with van der Waals surface area (Å²) < 4.78 is 0. The minimum absolute atomic E-state index is 0.101. The molecule has 4 amide bonds. The zero-order chi connectivity index (χ0) is 20.9. The minimum Gasteiger partial charge on any atom is -0.339 e. The summed E-state index contributed by atoms with van der Waals surface area (Å²) >= 11 is 0. The fraction of sp³-hybridized carbons (Fsp3) is 0.591. The van der Waals surface area contributed by atoms with Crippen LogP contribution in [0, 0.1) is 0 Å². The molecule has 1 aliphatic heterocycles. The first-order valence-electron chi connectivity index (χ1n) is 10.5. The Balaban J connectivity index is 1.43. The zero-order valence-corrected chi connectivity index (χ0v) is 17.4. The van der Waals surface area contributed by atoms with Gasteiger partial charge in [-0.15, -0.1) is 0 Å². The van der Waals surface area contributed by atoms with Gasteiger partial charge < -0.3 is 10.2 Å². The fourth-order valence-corrected chi connectivity index (χ4v) is 4.14. The van der Waals surface area contributed by atoms with Gasteiger partial charge in [-0.3, -0.25) is 19.8 Å². The van der Waals surface area contributed by atoms with Crippen molar-refractivity contribution < 1.29 is 14.4 Å². The second-order valence-electron chi connectivity index (χ2n) is 8.56. The summed E-state index contributed by atoms with van der Waals surface area (Å²) in [6, 6.07) is 9.59. The first kappa shape index (κ1) is 21.3. The number of piperazine rings is 1. The van der Waals surface area contributed by atoms with Crippen LogP contribution in [0.5, 0.6) is 0 Å². The maximum Gasteiger partial charge on any atom is 0.321 e. The van der Waals surface area contributed by atoms with Gasteiger partial charge in [-0.05, 0) is 32.3 Å². The maximum atomic E-state index is 13.0. The molecule has 7 heteroatoms. The van der Waals surface area contributed by atoms with E-state index in [0.29, 0.717) is 26.2 Å². The Kier molecular flexibility index (Phi) is 6.90. The highest BCUT2D eigenvalue weighted by molar-refractivity contribution is 5.95. The van der Waals surface area contributed by atoms with E-state index in [0.717, 1.165) is 31.2 Å². The molecule has 1 saturated heterocycles. The summed E-state index contributed by atoms with van der Waals surface area (Å²) in [5.41, 5.74) is 0.416. The van der Waals surface area contributed by atoms with Crippen LogP contribution in [-0.4, -0.2) is 66.4 Å². The number of nitrogens with one attached hydrogen (secondary N) is 2. The molecule has 0 unspecified atom stereocenters. The van der Waals surface area contributed by atoms with Gasteiger partial charge in [0.25, 0.3) is 0 Å². The molecule has 2 fully saturated rings. The van der Waals surface area contributed by atoms with Crippen molar-refractivity contribution in [3.05, 3.63) is 35.9 Å². The molecule has 1 aromatic rings. The lowest BCUT2D eigenvalue weighted by Crippen LogP contribution is -2.55. The van der Waals surface area contributed by atoms with Gasteiger partial charge in [-0.1, -0.05) is 43.2 Å². The van der Waals surface area contributed by atoms with Gasteiger partial charge in [0.05, 0.1) is 12.0 Å². The molecule has 1 aliphatic carbocycles. The summed E-state index contributed by atoms with van der Waals surface area (Å²) in [5, 5.41) is 5.28. The third-order valence-corrected chi connectivity index (χ3v) is 6.00. The van der Waals surface area contributed by atoms with Gasteiger partial charge in [0.2, 0.25) is 11.8 Å². The van der Waals surface area contributed by atoms with E-state index in [2.05, 4.69) is 10.6 Å². The molecule has 7 nitrogen and oxygen atoms in total. The Morgan fingerprint density at radius 2 is 1.62 bits per heavy atom. The van der Waals surface area contributed by atoms with Crippen LogP contribution >= 0.6 is 0 Å². The van der Waals surface area contributed by atoms with Gasteiger partial charge in [-0.2, -0.15) is 0 Å². The maximum absolute atomic E-state index is 13.0. The topological polar surface area (TPSA) is 81.8 Å². The first-order chi connectivity index (χ1) is 13.9. The second kappa shape index (κ2) is 9.39. The van der Waals surface area contributed by atoms with Gasteiger partial charge in [0.15, 0.2) is 0 Å². The van der Waals surface area contributed by atoms with E-state index in [1.165, 1.54) is 0 Å². The minimum atomic E-state index is -0.584. The molecule has 2 aliphatic rings. The highest BCUT2D eigenvalue weighted by Gasteiger charge is 2.35. The van der Waals surface area contributed by atoms with E-state index >= 15 is 0 Å². The fourth-order valence-electron chi connectivity index (χ4n) is 4.14. The molecule has 1 saturated carbocycles. The Morgan fingerprint density at radius 3 is 2.24 bits per heavy atom. The van der Waals surface area contributed by atoms with Gasteiger partial charge in [0, 0.05) is 32.2 Å². The molecule has 0 radical (unpaired) electrons. The number of carbonyl (C=O) groups is 3. The number of hydrogen-bond donors (Lipinski definition) is 2. The normalized spacial score (nSPS) is 18.5. The average molecular weight is 401 g/mol. The molecule has 158 valence electrons. The predicted molar refractivity (Wildman–Crippen MR) is 111 cm³/mol. The van der Waals surface area contributed by atoms with E-state index in [-0.39, 0.29) is 24.4 Å². The van der Waals surface area contributed by atoms with Crippen LogP contribution in [0.4, 0.5) is 4.79 Å². The number of nitrogens with zero attached hydrogens (tertiary/aromatic N) is 2. The molecule has 3 rings (SSSR count). The summed E-state index contributed by atoms with van der Waals surface area (Å²) in [5.74, 6) is -0.200. The summed E-state index contributed by atoms with van der Waals surface area (Å²) in [6.45, 7) is 6.47. The quantitative estimate of drug-likeness (QED) is 0.791. The molecular formula is C22H32N4O3. The average Bonchev–Trinajstić information content (AvgIpc) is 3.21. The lowest BCUT2D eigenvalue weighted by atomic mass is 9.83. The van der Waals surface area contributed by atoms with E-state index in [9.17, 15) is 14.4 Å². The van der Waals surface area contributed by atoms with Crippen molar-refractivity contribution in [3.8, 4) is 0 Å². The Morgan fingerprint density at radius 1 is 1.00 bits per heavy atom. The third-order valence-electron chi connectivity index (χ3n) is 6.00. The molecule has 0 spiro atoms. The van der Waals surface area contributed by atoms with Crippen molar-refractivity contribution in [1.82, 2.24) is 20.4 Å². The smallest absolute Gasteiger partial charge is 0.321 e. The Hall–Kier alpha value is -2.41. The summed E-state index contributed by atoms with van der Waals surface area (Å²) in [4.78, 5) is 41.0. The molecule has 1 aromatic carbocycles. The van der Waals surface area contributed by atoms with Crippen molar-refractivity contribution in [1.29, 1.82) is 0 Å². The van der Waals surface area contributed by atoms with Crippen molar-refractivity contribution >= 4 is 17.8 Å². The van der Waals surface area contributed by atoms with Gasteiger partial charge in [-0.25, -0.2) is 4.79 Å². The molecule has 0 aromatic heterocycles. The summed E-state index contributed by atoms with van der Waals surface area (Å²) in [6.07, 6.45) is 4.22. The molecule has 2 N–H and O–H groups in total. The number of benzene rings is 1. The number of amides is 4. The lowest BCUT2D eigenvalue weighted by molar-refractivity contribution is -0.138. The second-order valence-corrected chi connectivity index (χ2v) is 8.56. The van der Waals surface area contributed by atoms with Crippen LogP contribution < -0.4 is 10.6 Å². The molecule has 29 heavy (non-hydrogen) atoms. The van der Waals surface area contributed by atoms with Crippen LogP contribution in [-0.2, 0) is 15.0 Å². The van der Waals surface area contributed by atoms with E-state index in [1.807, 2.05) is 54.0 Å². The number of hydrogen-bond acceptors (Lipinski definition) is 4. The zero-order valence-electron chi connectivity index (χ0n) is 17.4.